The van der Waals surface area contributed by atoms with Gasteiger partial charge in [0.1, 0.15) is 11.9 Å². The predicted molar refractivity (Wildman–Crippen MR) is 91.6 cm³/mol. The number of benzene rings is 1. The first-order chi connectivity index (χ1) is 11.4. The van der Waals surface area contributed by atoms with Crippen molar-refractivity contribution in [3.63, 3.8) is 0 Å². The third-order valence-electron chi connectivity index (χ3n) is 5.21. The number of carbonyl (C=O) groups is 2. The molecule has 1 saturated carbocycles. The molecule has 0 spiro atoms. The van der Waals surface area contributed by atoms with E-state index in [2.05, 4.69) is 26.6 Å². The maximum Gasteiger partial charge on any atom is 0.240 e. The Morgan fingerprint density at radius 2 is 2.12 bits per heavy atom. The molecule has 7 heteroatoms. The molecule has 5 nitrogen and oxygen atoms in total. The highest BCUT2D eigenvalue weighted by molar-refractivity contribution is 9.10. The Bertz CT molecular complexity index is 645. The van der Waals surface area contributed by atoms with E-state index in [0.29, 0.717) is 16.0 Å². The minimum Gasteiger partial charge on any atom is -0.368 e. The van der Waals surface area contributed by atoms with E-state index < -0.39 is 23.3 Å². The maximum atomic E-state index is 14.0. The van der Waals surface area contributed by atoms with Gasteiger partial charge in [0.15, 0.2) is 0 Å². The zero-order valence-electron chi connectivity index (χ0n) is 13.3. The van der Waals surface area contributed by atoms with Crippen LogP contribution in [0.1, 0.15) is 31.2 Å². The second-order valence-electron chi connectivity index (χ2n) is 6.77. The molecule has 1 aliphatic carbocycles. The van der Waals surface area contributed by atoms with Crippen molar-refractivity contribution in [3.05, 3.63) is 34.1 Å². The number of halogens is 2. The molecular formula is C17H21BrFN3O2. The molecule has 0 aromatic heterocycles. The summed E-state index contributed by atoms with van der Waals surface area (Å²) in [5, 5.41) is 6.05. The monoisotopic (exact) mass is 397 g/mol. The van der Waals surface area contributed by atoms with Crippen molar-refractivity contribution < 1.29 is 14.0 Å². The van der Waals surface area contributed by atoms with Crippen molar-refractivity contribution >= 4 is 27.7 Å². The SMILES string of the molecule is NC(=O)C(Cc1ccc(Br)cc1F)NC(=O)C12CCC(CC1)CN2. The molecule has 0 radical (unpaired) electrons. The Balaban J connectivity index is 1.72. The van der Waals surface area contributed by atoms with Crippen LogP contribution in [-0.4, -0.2) is 29.9 Å². The van der Waals surface area contributed by atoms with Crippen molar-refractivity contribution in [2.24, 2.45) is 11.7 Å². The summed E-state index contributed by atoms with van der Waals surface area (Å²) in [6.45, 7) is 0.829. The summed E-state index contributed by atoms with van der Waals surface area (Å²) in [6.07, 6.45) is 3.61. The van der Waals surface area contributed by atoms with Gasteiger partial charge in [0.25, 0.3) is 0 Å². The van der Waals surface area contributed by atoms with Crippen LogP contribution < -0.4 is 16.4 Å². The highest BCUT2D eigenvalue weighted by atomic mass is 79.9. The molecule has 130 valence electrons. The first-order valence-corrected chi connectivity index (χ1v) is 8.98. The molecular weight excluding hydrogens is 377 g/mol. The average Bonchev–Trinajstić information content (AvgIpc) is 2.58. The molecule has 2 heterocycles. The van der Waals surface area contributed by atoms with E-state index >= 15 is 0 Å². The molecule has 3 aliphatic rings. The van der Waals surface area contributed by atoms with Gasteiger partial charge in [-0.3, -0.25) is 9.59 Å². The number of primary amides is 1. The normalized spacial score (nSPS) is 26.8. The summed E-state index contributed by atoms with van der Waals surface area (Å²) >= 11 is 3.20. The van der Waals surface area contributed by atoms with Crippen molar-refractivity contribution in [1.82, 2.24) is 10.6 Å². The lowest BCUT2D eigenvalue weighted by Gasteiger charge is -2.46. The first kappa shape index (κ1) is 17.4. The number of amides is 2. The smallest absolute Gasteiger partial charge is 0.240 e. The summed E-state index contributed by atoms with van der Waals surface area (Å²) < 4.78 is 14.6. The standard InChI is InChI=1S/C17H21BrFN3O2/c18-12-2-1-11(13(19)8-12)7-14(15(20)23)22-16(24)17-5-3-10(4-6-17)9-21-17/h1-2,8,10,14,21H,3-7,9H2,(H2,20,23)(H,22,24). The lowest BCUT2D eigenvalue weighted by molar-refractivity contribution is -0.134. The quantitative estimate of drug-likeness (QED) is 0.705. The molecule has 1 unspecified atom stereocenters. The van der Waals surface area contributed by atoms with E-state index in [0.717, 1.165) is 32.2 Å². The van der Waals surface area contributed by atoms with Gasteiger partial charge in [-0.25, -0.2) is 4.39 Å². The van der Waals surface area contributed by atoms with E-state index in [-0.39, 0.29) is 12.3 Å². The van der Waals surface area contributed by atoms with Gasteiger partial charge in [0, 0.05) is 10.9 Å². The van der Waals surface area contributed by atoms with Crippen molar-refractivity contribution in [3.8, 4) is 0 Å². The first-order valence-electron chi connectivity index (χ1n) is 8.19. The minimum atomic E-state index is -0.927. The number of rotatable bonds is 5. The van der Waals surface area contributed by atoms with Crippen LogP contribution in [0.25, 0.3) is 0 Å². The van der Waals surface area contributed by atoms with Gasteiger partial charge >= 0.3 is 0 Å². The number of hydrogen-bond donors (Lipinski definition) is 3. The largest absolute Gasteiger partial charge is 0.368 e. The van der Waals surface area contributed by atoms with Crippen molar-refractivity contribution in [1.29, 1.82) is 0 Å². The molecule has 2 saturated heterocycles. The Labute approximate surface area is 148 Å². The third kappa shape index (κ3) is 3.47. The zero-order chi connectivity index (χ0) is 17.3. The van der Waals surface area contributed by atoms with Crippen LogP contribution in [0, 0.1) is 11.7 Å². The molecule has 2 bridgehead atoms. The topological polar surface area (TPSA) is 84.2 Å². The van der Waals surface area contributed by atoms with Gasteiger partial charge in [-0.05, 0) is 55.8 Å². The van der Waals surface area contributed by atoms with E-state index in [1.165, 1.54) is 6.07 Å². The Kier molecular flexibility index (Phi) is 4.92. The van der Waals surface area contributed by atoms with Crippen LogP contribution in [0.5, 0.6) is 0 Å². The predicted octanol–water partition coefficient (Wildman–Crippen LogP) is 1.63. The fourth-order valence-corrected chi connectivity index (χ4v) is 3.96. The second kappa shape index (κ2) is 6.80. The minimum absolute atomic E-state index is 0.0406. The van der Waals surface area contributed by atoms with Gasteiger partial charge < -0.3 is 16.4 Å². The summed E-state index contributed by atoms with van der Waals surface area (Å²) in [5.41, 5.74) is 5.17. The average molecular weight is 398 g/mol. The van der Waals surface area contributed by atoms with Crippen molar-refractivity contribution in [2.75, 3.05) is 6.54 Å². The Hall–Kier alpha value is -1.47. The highest BCUT2D eigenvalue weighted by Crippen LogP contribution is 2.37. The molecule has 1 aromatic rings. The number of nitrogens with two attached hydrogens (primary N) is 1. The van der Waals surface area contributed by atoms with Gasteiger partial charge in [-0.1, -0.05) is 22.0 Å². The van der Waals surface area contributed by atoms with Crippen LogP contribution in [0.4, 0.5) is 4.39 Å². The van der Waals surface area contributed by atoms with E-state index in [4.69, 9.17) is 5.73 Å². The zero-order valence-corrected chi connectivity index (χ0v) is 14.9. The molecule has 2 amide bonds. The lowest BCUT2D eigenvalue weighted by Crippen LogP contribution is -2.65. The fourth-order valence-electron chi connectivity index (χ4n) is 3.62. The number of carbonyl (C=O) groups excluding carboxylic acids is 2. The van der Waals surface area contributed by atoms with Crippen LogP contribution in [0.3, 0.4) is 0 Å². The third-order valence-corrected chi connectivity index (χ3v) is 5.70. The number of piperidine rings is 2. The van der Waals surface area contributed by atoms with E-state index in [1.54, 1.807) is 12.1 Å². The van der Waals surface area contributed by atoms with E-state index in [1.807, 2.05) is 0 Å². The van der Waals surface area contributed by atoms with E-state index in [9.17, 15) is 14.0 Å². The lowest BCUT2D eigenvalue weighted by atomic mass is 9.71. The van der Waals surface area contributed by atoms with Gasteiger partial charge in [-0.15, -0.1) is 0 Å². The number of fused-ring (bicyclic) bond motifs is 3. The molecule has 4 rings (SSSR count). The Morgan fingerprint density at radius 1 is 1.42 bits per heavy atom. The van der Waals surface area contributed by atoms with Crippen LogP contribution >= 0.6 is 15.9 Å². The van der Waals surface area contributed by atoms with Gasteiger partial charge in [-0.2, -0.15) is 0 Å². The van der Waals surface area contributed by atoms with Crippen LogP contribution in [0.15, 0.2) is 22.7 Å². The van der Waals surface area contributed by atoms with Gasteiger partial charge in [0.2, 0.25) is 11.8 Å². The van der Waals surface area contributed by atoms with Crippen LogP contribution in [-0.2, 0) is 16.0 Å². The molecule has 4 N–H and O–H groups in total. The van der Waals surface area contributed by atoms with Crippen LogP contribution in [0.2, 0.25) is 0 Å². The molecule has 1 aromatic carbocycles. The maximum absolute atomic E-state index is 14.0. The fraction of sp³-hybridized carbons (Fsp3) is 0.529. The number of hydrogen-bond acceptors (Lipinski definition) is 3. The molecule has 24 heavy (non-hydrogen) atoms. The molecule has 2 aliphatic heterocycles. The Morgan fingerprint density at radius 3 is 2.67 bits per heavy atom. The second-order valence-corrected chi connectivity index (χ2v) is 7.69. The number of nitrogens with one attached hydrogen (secondary N) is 2. The van der Waals surface area contributed by atoms with Crippen molar-refractivity contribution in [2.45, 2.75) is 43.7 Å². The summed E-state index contributed by atoms with van der Waals surface area (Å²) in [7, 11) is 0. The highest BCUT2D eigenvalue weighted by Gasteiger charge is 2.46. The summed E-state index contributed by atoms with van der Waals surface area (Å²) in [5.74, 6) is -0.656. The summed E-state index contributed by atoms with van der Waals surface area (Å²) in [4.78, 5) is 24.5. The molecule has 3 fully saturated rings. The molecule has 1 atom stereocenters. The van der Waals surface area contributed by atoms with Gasteiger partial charge in [0.05, 0.1) is 5.54 Å². The summed E-state index contributed by atoms with van der Waals surface area (Å²) in [6, 6.07) is 3.69.